The van der Waals surface area contributed by atoms with Crippen molar-refractivity contribution in [2.75, 3.05) is 0 Å². The number of halogens is 1. The van der Waals surface area contributed by atoms with Gasteiger partial charge in [0.2, 0.25) is 0 Å². The fourth-order valence-electron chi connectivity index (χ4n) is 1.97. The molecule has 2 rings (SSSR count). The van der Waals surface area contributed by atoms with Gasteiger partial charge in [0.1, 0.15) is 17.7 Å². The second-order valence-electron chi connectivity index (χ2n) is 4.64. The van der Waals surface area contributed by atoms with Gasteiger partial charge in [-0.25, -0.2) is 4.39 Å². The van der Waals surface area contributed by atoms with Gasteiger partial charge in [0.25, 0.3) is 0 Å². The molecule has 0 radical (unpaired) electrons. The summed E-state index contributed by atoms with van der Waals surface area (Å²) in [5, 5.41) is 0. The Morgan fingerprint density at radius 3 is 2.37 bits per heavy atom. The van der Waals surface area contributed by atoms with Crippen molar-refractivity contribution < 1.29 is 9.13 Å². The van der Waals surface area contributed by atoms with Crippen LogP contribution in [0.2, 0.25) is 0 Å². The number of nitrogens with two attached hydrogens (primary N) is 1. The maximum absolute atomic E-state index is 13.3. The highest BCUT2D eigenvalue weighted by Gasteiger charge is 2.13. The zero-order valence-electron chi connectivity index (χ0n) is 11.1. The third-order valence-electron chi connectivity index (χ3n) is 3.04. The lowest BCUT2D eigenvalue weighted by Crippen LogP contribution is -2.10. The maximum atomic E-state index is 13.3. The first-order chi connectivity index (χ1) is 9.08. The van der Waals surface area contributed by atoms with Crippen LogP contribution in [0, 0.1) is 5.82 Å². The molecule has 0 saturated carbocycles. The van der Waals surface area contributed by atoms with Crippen molar-refractivity contribution in [2.45, 2.75) is 26.0 Å². The molecule has 2 aromatic rings. The van der Waals surface area contributed by atoms with Crippen LogP contribution in [0.25, 0.3) is 0 Å². The Balaban J connectivity index is 2.25. The number of ether oxygens (including phenoxy) is 1. The normalized spacial score (nSPS) is 13.9. The van der Waals surface area contributed by atoms with Gasteiger partial charge >= 0.3 is 0 Å². The molecular weight excluding hydrogens is 241 g/mol. The number of benzene rings is 2. The minimum Gasteiger partial charge on any atom is -0.486 e. The number of hydrogen-bond acceptors (Lipinski definition) is 2. The number of hydrogen-bond donors (Lipinski definition) is 1. The molecule has 0 bridgehead atoms. The van der Waals surface area contributed by atoms with Crippen LogP contribution in [0.3, 0.4) is 0 Å². The van der Waals surface area contributed by atoms with Gasteiger partial charge in [0.05, 0.1) is 0 Å². The largest absolute Gasteiger partial charge is 0.486 e. The zero-order chi connectivity index (χ0) is 13.8. The van der Waals surface area contributed by atoms with Crippen molar-refractivity contribution in [2.24, 2.45) is 5.73 Å². The summed E-state index contributed by atoms with van der Waals surface area (Å²) in [6, 6.07) is 14.1. The predicted octanol–water partition coefficient (Wildman–Crippen LogP) is 3.99. The fraction of sp³-hybridized carbons (Fsp3) is 0.250. The van der Waals surface area contributed by atoms with Crippen molar-refractivity contribution in [3.63, 3.8) is 0 Å². The van der Waals surface area contributed by atoms with E-state index in [1.165, 1.54) is 12.1 Å². The van der Waals surface area contributed by atoms with Crippen LogP contribution >= 0.6 is 0 Å². The lowest BCUT2D eigenvalue weighted by molar-refractivity contribution is 0.222. The molecule has 0 aliphatic heterocycles. The Kier molecular flexibility index (Phi) is 4.17. The molecule has 0 aliphatic rings. The molecule has 2 atom stereocenters. The molecule has 2 N–H and O–H groups in total. The maximum Gasteiger partial charge on any atom is 0.127 e. The SMILES string of the molecule is CC(Oc1cc(F)ccc1[C@H](C)N)c1ccccc1. The molecule has 0 spiro atoms. The Hall–Kier alpha value is -1.87. The van der Waals surface area contributed by atoms with Gasteiger partial charge in [0, 0.05) is 17.7 Å². The van der Waals surface area contributed by atoms with Gasteiger partial charge in [-0.1, -0.05) is 36.4 Å². The van der Waals surface area contributed by atoms with Crippen molar-refractivity contribution in [3.8, 4) is 5.75 Å². The van der Waals surface area contributed by atoms with Gasteiger partial charge in [-0.15, -0.1) is 0 Å². The van der Waals surface area contributed by atoms with E-state index in [9.17, 15) is 4.39 Å². The smallest absolute Gasteiger partial charge is 0.127 e. The lowest BCUT2D eigenvalue weighted by Gasteiger charge is -2.19. The molecule has 1 unspecified atom stereocenters. The van der Waals surface area contributed by atoms with E-state index in [0.717, 1.165) is 11.1 Å². The van der Waals surface area contributed by atoms with Crippen molar-refractivity contribution >= 4 is 0 Å². The van der Waals surface area contributed by atoms with Gasteiger partial charge < -0.3 is 10.5 Å². The van der Waals surface area contributed by atoms with E-state index in [-0.39, 0.29) is 18.0 Å². The quantitative estimate of drug-likeness (QED) is 0.901. The third-order valence-corrected chi connectivity index (χ3v) is 3.04. The summed E-state index contributed by atoms with van der Waals surface area (Å²) in [7, 11) is 0. The van der Waals surface area contributed by atoms with E-state index < -0.39 is 0 Å². The molecule has 0 fully saturated rings. The molecule has 0 saturated heterocycles. The van der Waals surface area contributed by atoms with Crippen molar-refractivity contribution in [1.29, 1.82) is 0 Å². The van der Waals surface area contributed by atoms with Gasteiger partial charge in [-0.2, -0.15) is 0 Å². The monoisotopic (exact) mass is 259 g/mol. The summed E-state index contributed by atoms with van der Waals surface area (Å²) in [6.07, 6.45) is -0.152. The number of rotatable bonds is 4. The first-order valence-electron chi connectivity index (χ1n) is 6.34. The molecule has 19 heavy (non-hydrogen) atoms. The van der Waals surface area contributed by atoms with E-state index in [2.05, 4.69) is 0 Å². The van der Waals surface area contributed by atoms with Crippen LogP contribution < -0.4 is 10.5 Å². The minimum atomic E-state index is -0.320. The third kappa shape index (κ3) is 3.32. The Morgan fingerprint density at radius 1 is 1.05 bits per heavy atom. The lowest BCUT2D eigenvalue weighted by atomic mass is 10.1. The average molecular weight is 259 g/mol. The van der Waals surface area contributed by atoms with Crippen LogP contribution in [0.1, 0.15) is 37.1 Å². The summed E-state index contributed by atoms with van der Waals surface area (Å²) in [4.78, 5) is 0. The zero-order valence-corrected chi connectivity index (χ0v) is 11.1. The highest BCUT2D eigenvalue weighted by Crippen LogP contribution is 2.29. The van der Waals surface area contributed by atoms with Crippen LogP contribution in [-0.4, -0.2) is 0 Å². The van der Waals surface area contributed by atoms with Crippen LogP contribution in [0.15, 0.2) is 48.5 Å². The summed E-state index contributed by atoms with van der Waals surface area (Å²) in [5.41, 5.74) is 7.73. The van der Waals surface area contributed by atoms with E-state index in [0.29, 0.717) is 5.75 Å². The Bertz CT molecular complexity index is 540. The van der Waals surface area contributed by atoms with Gasteiger partial charge in [0.15, 0.2) is 0 Å². The van der Waals surface area contributed by atoms with E-state index >= 15 is 0 Å². The predicted molar refractivity (Wildman–Crippen MR) is 74.5 cm³/mol. The van der Waals surface area contributed by atoms with Gasteiger partial charge in [-0.3, -0.25) is 0 Å². The topological polar surface area (TPSA) is 35.2 Å². The highest BCUT2D eigenvalue weighted by atomic mass is 19.1. The molecule has 0 aliphatic carbocycles. The molecule has 2 nitrogen and oxygen atoms in total. The standard InChI is InChI=1S/C16H18FNO/c1-11(18)15-9-8-14(17)10-16(15)19-12(2)13-6-4-3-5-7-13/h3-12H,18H2,1-2H3/t11-,12?/m0/s1. The van der Waals surface area contributed by atoms with Crippen LogP contribution in [0.4, 0.5) is 4.39 Å². The minimum absolute atomic E-state index is 0.152. The molecule has 0 amide bonds. The van der Waals surface area contributed by atoms with Crippen LogP contribution in [-0.2, 0) is 0 Å². The first kappa shape index (κ1) is 13.6. The highest BCUT2D eigenvalue weighted by molar-refractivity contribution is 5.36. The van der Waals surface area contributed by atoms with Crippen molar-refractivity contribution in [1.82, 2.24) is 0 Å². The Labute approximate surface area is 113 Å². The van der Waals surface area contributed by atoms with E-state index in [1.54, 1.807) is 6.07 Å². The molecule has 0 heterocycles. The summed E-state index contributed by atoms with van der Waals surface area (Å²) in [5.74, 6) is 0.186. The molecule has 0 aromatic heterocycles. The summed E-state index contributed by atoms with van der Waals surface area (Å²) < 4.78 is 19.2. The summed E-state index contributed by atoms with van der Waals surface area (Å²) >= 11 is 0. The van der Waals surface area contributed by atoms with E-state index in [1.807, 2.05) is 44.2 Å². The molecule has 2 aromatic carbocycles. The van der Waals surface area contributed by atoms with E-state index in [4.69, 9.17) is 10.5 Å². The first-order valence-corrected chi connectivity index (χ1v) is 6.34. The average Bonchev–Trinajstić information content (AvgIpc) is 2.39. The molecule has 3 heteroatoms. The molecular formula is C16H18FNO. The molecule has 100 valence electrons. The second-order valence-corrected chi connectivity index (χ2v) is 4.64. The Morgan fingerprint density at radius 2 is 1.74 bits per heavy atom. The fourth-order valence-corrected chi connectivity index (χ4v) is 1.97. The van der Waals surface area contributed by atoms with Crippen LogP contribution in [0.5, 0.6) is 5.75 Å². The summed E-state index contributed by atoms with van der Waals surface area (Å²) in [6.45, 7) is 3.79. The van der Waals surface area contributed by atoms with Crippen molar-refractivity contribution in [3.05, 3.63) is 65.5 Å². The second kappa shape index (κ2) is 5.85. The van der Waals surface area contributed by atoms with Gasteiger partial charge in [-0.05, 0) is 25.5 Å².